The molecule has 0 bridgehead atoms. The highest BCUT2D eigenvalue weighted by Gasteiger charge is 2.31. The van der Waals surface area contributed by atoms with Crippen molar-refractivity contribution >= 4 is 11.7 Å². The van der Waals surface area contributed by atoms with E-state index in [0.29, 0.717) is 19.4 Å². The first-order valence-corrected chi connectivity index (χ1v) is 8.55. The number of piperidine rings is 1. The summed E-state index contributed by atoms with van der Waals surface area (Å²) in [6.45, 7) is 4.54. The standard InChI is InChI=1S/C17H23N3O4/c21-17(22)14-10-20(8-5-18-14)12-3-6-19(7-4-12)13-1-2-15-16(9-13)24-11-23-15/h1-2,9,12,14,18H,3-8,10-11H2,(H,21,22)/t14-/m1/s1. The molecule has 3 heterocycles. The molecule has 0 unspecified atom stereocenters. The van der Waals surface area contributed by atoms with Gasteiger partial charge in [0, 0.05) is 50.5 Å². The van der Waals surface area contributed by atoms with Gasteiger partial charge in [-0.25, -0.2) is 0 Å². The number of piperazine rings is 1. The fourth-order valence-corrected chi connectivity index (χ4v) is 3.84. The number of hydrogen-bond donors (Lipinski definition) is 2. The molecule has 3 aliphatic rings. The Morgan fingerprint density at radius 3 is 2.75 bits per heavy atom. The van der Waals surface area contributed by atoms with E-state index in [9.17, 15) is 9.90 Å². The number of carbonyl (C=O) groups is 1. The summed E-state index contributed by atoms with van der Waals surface area (Å²) < 4.78 is 10.8. The number of rotatable bonds is 3. The maximum Gasteiger partial charge on any atom is 0.322 e. The highest BCUT2D eigenvalue weighted by molar-refractivity contribution is 5.73. The molecular formula is C17H23N3O4. The molecule has 2 N–H and O–H groups in total. The van der Waals surface area contributed by atoms with Gasteiger partial charge in [-0.15, -0.1) is 0 Å². The van der Waals surface area contributed by atoms with E-state index in [4.69, 9.17) is 9.47 Å². The van der Waals surface area contributed by atoms with Gasteiger partial charge in [-0.1, -0.05) is 0 Å². The van der Waals surface area contributed by atoms with Gasteiger partial charge in [0.1, 0.15) is 6.04 Å². The van der Waals surface area contributed by atoms with Crippen LogP contribution < -0.4 is 19.7 Å². The van der Waals surface area contributed by atoms with Crippen molar-refractivity contribution < 1.29 is 19.4 Å². The average Bonchev–Trinajstić information content (AvgIpc) is 3.09. The van der Waals surface area contributed by atoms with Crippen LogP contribution >= 0.6 is 0 Å². The van der Waals surface area contributed by atoms with Crippen LogP contribution in [0.15, 0.2) is 18.2 Å². The maximum atomic E-state index is 11.2. The number of nitrogens with one attached hydrogen (secondary N) is 1. The smallest absolute Gasteiger partial charge is 0.322 e. The van der Waals surface area contributed by atoms with Crippen LogP contribution in [0.25, 0.3) is 0 Å². The van der Waals surface area contributed by atoms with Crippen molar-refractivity contribution in [3.05, 3.63) is 18.2 Å². The fraction of sp³-hybridized carbons (Fsp3) is 0.588. The molecule has 2 fully saturated rings. The number of hydrogen-bond acceptors (Lipinski definition) is 6. The van der Waals surface area contributed by atoms with Gasteiger partial charge in [0.2, 0.25) is 6.79 Å². The van der Waals surface area contributed by atoms with E-state index in [-0.39, 0.29) is 0 Å². The Morgan fingerprint density at radius 2 is 1.96 bits per heavy atom. The Morgan fingerprint density at radius 1 is 1.17 bits per heavy atom. The second-order valence-corrected chi connectivity index (χ2v) is 6.60. The number of benzene rings is 1. The number of fused-ring (bicyclic) bond motifs is 1. The quantitative estimate of drug-likeness (QED) is 0.845. The van der Waals surface area contributed by atoms with Crippen LogP contribution in [0.1, 0.15) is 12.8 Å². The number of nitrogens with zero attached hydrogens (tertiary/aromatic N) is 2. The fourth-order valence-electron chi connectivity index (χ4n) is 3.84. The molecule has 0 aliphatic carbocycles. The molecule has 1 aromatic rings. The first-order chi connectivity index (χ1) is 11.7. The Balaban J connectivity index is 1.36. The van der Waals surface area contributed by atoms with Crippen LogP contribution in [0, 0.1) is 0 Å². The molecule has 7 heteroatoms. The predicted molar refractivity (Wildman–Crippen MR) is 88.8 cm³/mol. The molecule has 24 heavy (non-hydrogen) atoms. The summed E-state index contributed by atoms with van der Waals surface area (Å²) in [4.78, 5) is 15.9. The van der Waals surface area contributed by atoms with Crippen LogP contribution in [-0.4, -0.2) is 67.6 Å². The van der Waals surface area contributed by atoms with Gasteiger partial charge in [0.05, 0.1) is 0 Å². The minimum atomic E-state index is -0.752. The van der Waals surface area contributed by atoms with Crippen molar-refractivity contribution in [2.45, 2.75) is 24.9 Å². The lowest BCUT2D eigenvalue weighted by Crippen LogP contribution is -2.58. The zero-order valence-corrected chi connectivity index (χ0v) is 13.6. The van der Waals surface area contributed by atoms with Gasteiger partial charge in [0.25, 0.3) is 0 Å². The molecular weight excluding hydrogens is 310 g/mol. The summed E-state index contributed by atoms with van der Waals surface area (Å²) in [6.07, 6.45) is 2.11. The summed E-state index contributed by atoms with van der Waals surface area (Å²) in [5.41, 5.74) is 1.17. The van der Waals surface area contributed by atoms with Gasteiger partial charge in [0.15, 0.2) is 11.5 Å². The van der Waals surface area contributed by atoms with Gasteiger partial charge >= 0.3 is 5.97 Å². The molecule has 1 atom stereocenters. The topological polar surface area (TPSA) is 74.3 Å². The molecule has 0 amide bonds. The van der Waals surface area contributed by atoms with Crippen LogP contribution in [0.5, 0.6) is 11.5 Å². The van der Waals surface area contributed by atoms with Gasteiger partial charge in [-0.2, -0.15) is 0 Å². The normalized spacial score (nSPS) is 25.0. The Labute approximate surface area is 141 Å². The number of anilines is 1. The maximum absolute atomic E-state index is 11.2. The molecule has 7 nitrogen and oxygen atoms in total. The zero-order valence-electron chi connectivity index (χ0n) is 13.6. The van der Waals surface area contributed by atoms with Gasteiger partial charge in [-0.05, 0) is 25.0 Å². The molecule has 0 aromatic heterocycles. The lowest BCUT2D eigenvalue weighted by molar-refractivity contribution is -0.141. The van der Waals surface area contributed by atoms with Gasteiger partial charge < -0.3 is 24.8 Å². The van der Waals surface area contributed by atoms with E-state index in [2.05, 4.69) is 21.2 Å². The van der Waals surface area contributed by atoms with E-state index in [1.54, 1.807) is 0 Å². The number of carboxylic acids is 1. The zero-order chi connectivity index (χ0) is 16.5. The van der Waals surface area contributed by atoms with Crippen molar-refractivity contribution in [3.63, 3.8) is 0 Å². The molecule has 130 valence electrons. The van der Waals surface area contributed by atoms with E-state index in [0.717, 1.165) is 50.5 Å². The summed E-state index contributed by atoms with van der Waals surface area (Å²) in [7, 11) is 0. The molecule has 4 rings (SSSR count). The predicted octanol–water partition coefficient (Wildman–Crippen LogP) is 0.742. The van der Waals surface area contributed by atoms with E-state index >= 15 is 0 Å². The third-order valence-corrected chi connectivity index (χ3v) is 5.21. The lowest BCUT2D eigenvalue weighted by atomic mass is 10.0. The number of aliphatic carboxylic acids is 1. The minimum Gasteiger partial charge on any atom is -0.480 e. The van der Waals surface area contributed by atoms with E-state index in [1.165, 1.54) is 5.69 Å². The van der Waals surface area contributed by atoms with E-state index in [1.807, 2.05) is 12.1 Å². The molecule has 1 aromatic carbocycles. The Kier molecular flexibility index (Phi) is 4.20. The molecule has 2 saturated heterocycles. The summed E-state index contributed by atoms with van der Waals surface area (Å²) in [6, 6.07) is 6.13. The van der Waals surface area contributed by atoms with Crippen molar-refractivity contribution in [1.29, 1.82) is 0 Å². The highest BCUT2D eigenvalue weighted by atomic mass is 16.7. The molecule has 0 saturated carbocycles. The van der Waals surface area contributed by atoms with E-state index < -0.39 is 12.0 Å². The van der Waals surface area contributed by atoms with Crippen molar-refractivity contribution in [2.24, 2.45) is 0 Å². The Hall–Kier alpha value is -1.99. The minimum absolute atomic E-state index is 0.300. The van der Waals surface area contributed by atoms with Crippen molar-refractivity contribution in [1.82, 2.24) is 10.2 Å². The van der Waals surface area contributed by atoms with Crippen LogP contribution in [-0.2, 0) is 4.79 Å². The third-order valence-electron chi connectivity index (χ3n) is 5.21. The van der Waals surface area contributed by atoms with Crippen LogP contribution in [0.3, 0.4) is 0 Å². The SMILES string of the molecule is O=C(O)[C@H]1CN(C2CCN(c3ccc4c(c3)OCO4)CC2)CCN1. The molecule has 0 radical (unpaired) electrons. The van der Waals surface area contributed by atoms with Crippen molar-refractivity contribution in [2.75, 3.05) is 44.4 Å². The monoisotopic (exact) mass is 333 g/mol. The largest absolute Gasteiger partial charge is 0.480 e. The number of carboxylic acid groups (broad SMARTS) is 1. The van der Waals surface area contributed by atoms with Crippen LogP contribution in [0.4, 0.5) is 5.69 Å². The molecule has 0 spiro atoms. The second-order valence-electron chi connectivity index (χ2n) is 6.60. The first-order valence-electron chi connectivity index (χ1n) is 8.55. The van der Waals surface area contributed by atoms with Crippen molar-refractivity contribution in [3.8, 4) is 11.5 Å². The molecule has 3 aliphatic heterocycles. The Bertz CT molecular complexity index is 616. The summed E-state index contributed by atoms with van der Waals surface area (Å²) >= 11 is 0. The lowest BCUT2D eigenvalue weighted by Gasteiger charge is -2.42. The second kappa shape index (κ2) is 6.49. The number of ether oxygens (including phenoxy) is 2. The van der Waals surface area contributed by atoms with Crippen LogP contribution in [0.2, 0.25) is 0 Å². The first kappa shape index (κ1) is 15.5. The summed E-state index contributed by atoms with van der Waals surface area (Å²) in [5.74, 6) is 0.882. The highest BCUT2D eigenvalue weighted by Crippen LogP contribution is 2.36. The average molecular weight is 333 g/mol. The van der Waals surface area contributed by atoms with Gasteiger partial charge in [-0.3, -0.25) is 9.69 Å². The summed E-state index contributed by atoms with van der Waals surface area (Å²) in [5, 5.41) is 12.3. The third kappa shape index (κ3) is 3.01.